The van der Waals surface area contributed by atoms with Gasteiger partial charge in [-0.15, -0.1) is 12.4 Å². The lowest BCUT2D eigenvalue weighted by Crippen LogP contribution is -2.36. The number of ether oxygens (including phenoxy) is 1. The van der Waals surface area contributed by atoms with Crippen LogP contribution < -0.4 is 4.74 Å². The van der Waals surface area contributed by atoms with Crippen LogP contribution in [0.1, 0.15) is 25.7 Å². The highest BCUT2D eigenvalue weighted by Crippen LogP contribution is 2.25. The average Bonchev–Trinajstić information content (AvgIpc) is 2.81. The lowest BCUT2D eigenvalue weighted by atomic mass is 10.1. The third-order valence-electron chi connectivity index (χ3n) is 4.35. The van der Waals surface area contributed by atoms with Gasteiger partial charge >= 0.3 is 0 Å². The number of hydrogen-bond acceptors (Lipinski definition) is 3. The van der Waals surface area contributed by atoms with Gasteiger partial charge in [-0.2, -0.15) is 0 Å². The van der Waals surface area contributed by atoms with Crippen molar-refractivity contribution in [1.82, 2.24) is 4.90 Å². The predicted octanol–water partition coefficient (Wildman–Crippen LogP) is 3.88. The topological polar surface area (TPSA) is 32.7 Å². The number of aliphatic hydroxyl groups excluding tert-OH is 1. The van der Waals surface area contributed by atoms with Gasteiger partial charge < -0.3 is 14.7 Å². The molecule has 126 valence electrons. The summed E-state index contributed by atoms with van der Waals surface area (Å²) in [5, 5.41) is 12.5. The van der Waals surface area contributed by atoms with Gasteiger partial charge in [0.05, 0.1) is 0 Å². The molecule has 3 rings (SSSR count). The quantitative estimate of drug-likeness (QED) is 0.900. The molecule has 1 saturated heterocycles. The number of β-amino-alcohol motifs (C(OH)–C–C–N with tert-alkyl or cyclic N) is 1. The normalized spacial score (nSPS) is 17.3. The molecular weight excluding hydrogens is 310 g/mol. The molecule has 2 aromatic rings. The summed E-state index contributed by atoms with van der Waals surface area (Å²) in [6, 6.07) is 14.2. The highest BCUT2D eigenvalue weighted by molar-refractivity contribution is 5.88. The largest absolute Gasteiger partial charge is 0.490 e. The van der Waals surface area contributed by atoms with Crippen LogP contribution in [-0.2, 0) is 0 Å². The van der Waals surface area contributed by atoms with Crippen LogP contribution in [0.2, 0.25) is 0 Å². The molecule has 0 aliphatic carbocycles. The van der Waals surface area contributed by atoms with E-state index in [0.717, 1.165) is 24.2 Å². The molecule has 4 heteroatoms. The second-order valence-electron chi connectivity index (χ2n) is 6.16. The molecule has 1 aliphatic rings. The van der Waals surface area contributed by atoms with Gasteiger partial charge in [-0.05, 0) is 37.4 Å². The van der Waals surface area contributed by atoms with Crippen LogP contribution in [-0.4, -0.2) is 42.4 Å². The zero-order chi connectivity index (χ0) is 15.2. The molecule has 1 fully saturated rings. The van der Waals surface area contributed by atoms with Gasteiger partial charge in [0.15, 0.2) is 0 Å². The zero-order valence-electron chi connectivity index (χ0n) is 13.5. The van der Waals surface area contributed by atoms with Crippen LogP contribution in [0.5, 0.6) is 5.75 Å². The van der Waals surface area contributed by atoms with Crippen LogP contribution >= 0.6 is 12.4 Å². The van der Waals surface area contributed by atoms with E-state index in [1.165, 1.54) is 31.1 Å². The molecule has 1 atom stereocenters. The van der Waals surface area contributed by atoms with Crippen LogP contribution in [0, 0.1) is 0 Å². The van der Waals surface area contributed by atoms with Crippen molar-refractivity contribution in [2.24, 2.45) is 0 Å². The first-order valence-corrected chi connectivity index (χ1v) is 8.34. The monoisotopic (exact) mass is 335 g/mol. The summed E-state index contributed by atoms with van der Waals surface area (Å²) < 4.78 is 5.88. The van der Waals surface area contributed by atoms with Crippen molar-refractivity contribution in [3.8, 4) is 5.75 Å². The molecule has 1 heterocycles. The van der Waals surface area contributed by atoms with E-state index < -0.39 is 6.10 Å². The van der Waals surface area contributed by atoms with E-state index in [9.17, 15) is 5.11 Å². The second-order valence-corrected chi connectivity index (χ2v) is 6.16. The van der Waals surface area contributed by atoms with Crippen molar-refractivity contribution < 1.29 is 9.84 Å². The van der Waals surface area contributed by atoms with E-state index in [2.05, 4.69) is 23.1 Å². The van der Waals surface area contributed by atoms with Gasteiger partial charge in [-0.25, -0.2) is 0 Å². The number of fused-ring (bicyclic) bond motifs is 1. The van der Waals surface area contributed by atoms with Crippen molar-refractivity contribution >= 4 is 23.2 Å². The maximum absolute atomic E-state index is 10.3. The molecule has 0 bridgehead atoms. The lowest BCUT2D eigenvalue weighted by Gasteiger charge is -2.23. The predicted molar refractivity (Wildman–Crippen MR) is 97.6 cm³/mol. The van der Waals surface area contributed by atoms with Gasteiger partial charge in [-0.3, -0.25) is 0 Å². The van der Waals surface area contributed by atoms with Gasteiger partial charge in [0.25, 0.3) is 0 Å². The smallest absolute Gasteiger partial charge is 0.127 e. The highest BCUT2D eigenvalue weighted by Gasteiger charge is 2.14. The standard InChI is InChI=1S/C19H25NO2.ClH/c21-17(14-20-12-5-1-2-6-13-20)15-22-19-11-7-9-16-8-3-4-10-18(16)19;/h3-4,7-11,17,21H,1-2,5-6,12-15H2;1H. The Kier molecular flexibility index (Phi) is 7.15. The summed E-state index contributed by atoms with van der Waals surface area (Å²) >= 11 is 0. The maximum atomic E-state index is 10.3. The van der Waals surface area contributed by atoms with Crippen molar-refractivity contribution in [2.75, 3.05) is 26.2 Å². The van der Waals surface area contributed by atoms with E-state index in [1.54, 1.807) is 0 Å². The molecule has 0 spiro atoms. The third kappa shape index (κ3) is 5.10. The number of likely N-dealkylation sites (tertiary alicyclic amines) is 1. The Balaban J connectivity index is 0.00000192. The number of rotatable bonds is 5. The van der Waals surface area contributed by atoms with Crippen molar-refractivity contribution in [3.05, 3.63) is 42.5 Å². The summed E-state index contributed by atoms with van der Waals surface area (Å²) in [7, 11) is 0. The molecule has 0 amide bonds. The summed E-state index contributed by atoms with van der Waals surface area (Å²) in [6.45, 7) is 3.27. The average molecular weight is 336 g/mol. The van der Waals surface area contributed by atoms with Gasteiger partial charge in [-0.1, -0.05) is 49.2 Å². The van der Waals surface area contributed by atoms with Crippen LogP contribution in [0.3, 0.4) is 0 Å². The number of hydrogen-bond donors (Lipinski definition) is 1. The number of aliphatic hydroxyl groups is 1. The number of nitrogens with zero attached hydrogens (tertiary/aromatic N) is 1. The van der Waals surface area contributed by atoms with Crippen molar-refractivity contribution in [2.45, 2.75) is 31.8 Å². The Morgan fingerprint density at radius 2 is 1.65 bits per heavy atom. The van der Waals surface area contributed by atoms with E-state index >= 15 is 0 Å². The molecule has 1 unspecified atom stereocenters. The lowest BCUT2D eigenvalue weighted by molar-refractivity contribution is 0.0699. The Labute approximate surface area is 144 Å². The molecule has 0 radical (unpaired) electrons. The van der Waals surface area contributed by atoms with Crippen LogP contribution in [0.4, 0.5) is 0 Å². The SMILES string of the molecule is Cl.OC(COc1cccc2ccccc12)CN1CCCCCC1. The minimum absolute atomic E-state index is 0. The van der Waals surface area contributed by atoms with Gasteiger partial charge in [0, 0.05) is 11.9 Å². The molecule has 3 nitrogen and oxygen atoms in total. The Morgan fingerprint density at radius 1 is 0.957 bits per heavy atom. The van der Waals surface area contributed by atoms with Crippen LogP contribution in [0.15, 0.2) is 42.5 Å². The Hall–Kier alpha value is -1.29. The van der Waals surface area contributed by atoms with Gasteiger partial charge in [0.1, 0.15) is 18.5 Å². The fourth-order valence-electron chi connectivity index (χ4n) is 3.18. The van der Waals surface area contributed by atoms with Gasteiger partial charge in [0.2, 0.25) is 0 Å². The first-order valence-electron chi connectivity index (χ1n) is 8.34. The first-order chi connectivity index (χ1) is 10.8. The molecular formula is C19H26ClNO2. The molecule has 23 heavy (non-hydrogen) atoms. The fourth-order valence-corrected chi connectivity index (χ4v) is 3.18. The van der Waals surface area contributed by atoms with Crippen molar-refractivity contribution in [3.63, 3.8) is 0 Å². The highest BCUT2D eigenvalue weighted by atomic mass is 35.5. The summed E-state index contributed by atoms with van der Waals surface area (Å²) in [4.78, 5) is 2.37. The van der Waals surface area contributed by atoms with Crippen LogP contribution in [0.25, 0.3) is 10.8 Å². The van der Waals surface area contributed by atoms with E-state index in [-0.39, 0.29) is 12.4 Å². The van der Waals surface area contributed by atoms with Crippen molar-refractivity contribution in [1.29, 1.82) is 0 Å². The zero-order valence-corrected chi connectivity index (χ0v) is 14.3. The Morgan fingerprint density at radius 3 is 2.43 bits per heavy atom. The minimum Gasteiger partial charge on any atom is -0.490 e. The summed E-state index contributed by atoms with van der Waals surface area (Å²) in [5.74, 6) is 0.855. The number of halogens is 1. The first kappa shape index (κ1) is 18.1. The summed E-state index contributed by atoms with van der Waals surface area (Å²) in [6.07, 6.45) is 4.70. The summed E-state index contributed by atoms with van der Waals surface area (Å²) in [5.41, 5.74) is 0. The molecule has 2 aromatic carbocycles. The number of benzene rings is 2. The minimum atomic E-state index is -0.433. The van der Waals surface area contributed by atoms with E-state index in [1.807, 2.05) is 24.3 Å². The van der Waals surface area contributed by atoms with E-state index in [4.69, 9.17) is 4.74 Å². The van der Waals surface area contributed by atoms with E-state index in [0.29, 0.717) is 13.2 Å². The molecule has 0 saturated carbocycles. The molecule has 1 aliphatic heterocycles. The molecule has 0 aromatic heterocycles. The second kappa shape index (κ2) is 9.11. The Bertz CT molecular complexity index is 591. The third-order valence-corrected chi connectivity index (χ3v) is 4.35. The fraction of sp³-hybridized carbons (Fsp3) is 0.474. The molecule has 1 N–H and O–H groups in total. The maximum Gasteiger partial charge on any atom is 0.127 e.